The molecule has 0 unspecified atom stereocenters. The fraction of sp³-hybridized carbons (Fsp3) is 0. The van der Waals surface area contributed by atoms with Gasteiger partial charge in [0, 0.05) is 31.1 Å². The van der Waals surface area contributed by atoms with E-state index >= 15 is 0 Å². The van der Waals surface area contributed by atoms with Crippen LogP contribution < -0.4 is 0 Å². The van der Waals surface area contributed by atoms with Gasteiger partial charge in [0.25, 0.3) is 0 Å². The Morgan fingerprint density at radius 2 is 1.33 bits per heavy atom. The summed E-state index contributed by atoms with van der Waals surface area (Å²) >= 11 is 0. The van der Waals surface area contributed by atoms with Gasteiger partial charge in [-0.3, -0.25) is 4.46 Å². The largest absolute Gasteiger partial charge is 0.761 e. The molecule has 0 saturated heterocycles. The molecular formula is H4O4SiU. The summed E-state index contributed by atoms with van der Waals surface area (Å²) in [6.07, 6.45) is 0. The van der Waals surface area contributed by atoms with E-state index in [0.717, 1.165) is 0 Å². The minimum absolute atomic E-state index is 0. The Morgan fingerprint density at radius 3 is 1.33 bits per heavy atom. The number of rotatable bonds is 0. The molecule has 0 bridgehead atoms. The van der Waals surface area contributed by atoms with Crippen LogP contribution in [0, 0.1) is 31.1 Å². The Hall–Kier alpha value is 0.629. The molecular weight excluding hydrogens is 330 g/mol. The average molecular weight is 334 g/mol. The van der Waals surface area contributed by atoms with Gasteiger partial charge in [-0.2, -0.15) is 0 Å². The van der Waals surface area contributed by atoms with Crippen LogP contribution in [0.4, 0.5) is 0 Å². The van der Waals surface area contributed by atoms with E-state index in [4.69, 9.17) is 14.1 Å². The van der Waals surface area contributed by atoms with Crippen LogP contribution in [0.25, 0.3) is 0 Å². The zero-order chi connectivity index (χ0) is 3.58. The Morgan fingerprint density at radius 1 is 1.33 bits per heavy atom. The molecule has 0 fully saturated rings. The smallest absolute Gasteiger partial charge is 0.511 e. The van der Waals surface area contributed by atoms with Crippen molar-refractivity contribution in [3.05, 3.63) is 0 Å². The minimum Gasteiger partial charge on any atom is -0.511 e. The molecule has 0 atom stereocenters. The summed E-state index contributed by atoms with van der Waals surface area (Å²) in [5.74, 6) is 0. The fourth-order valence-corrected chi connectivity index (χ4v) is 0. The van der Waals surface area contributed by atoms with Gasteiger partial charge in [0.15, 0.2) is 0 Å². The monoisotopic (exact) mass is 334 g/mol. The van der Waals surface area contributed by atoms with E-state index in [0.29, 0.717) is 0 Å². The number of hydrogen-bond acceptors (Lipinski definition) is 1. The van der Waals surface area contributed by atoms with Gasteiger partial charge in [-0.15, -0.1) is 0 Å². The van der Waals surface area contributed by atoms with Crippen LogP contribution in [-0.2, 0) is 4.46 Å². The van der Waals surface area contributed by atoms with Crippen LogP contribution in [0.15, 0.2) is 0 Å². The van der Waals surface area contributed by atoms with Crippen molar-refractivity contribution in [3.8, 4) is 0 Å². The molecule has 0 aliphatic rings. The molecule has 0 amide bonds. The van der Waals surface area contributed by atoms with E-state index in [1.165, 1.54) is 0 Å². The van der Waals surface area contributed by atoms with Crippen LogP contribution in [0.1, 0.15) is 0 Å². The van der Waals surface area contributed by atoms with Crippen LogP contribution >= 0.6 is 0 Å². The SMILES string of the molecule is O.O=[Si](O)O.[U]. The van der Waals surface area contributed by atoms with Gasteiger partial charge in [-0.25, -0.2) is 0 Å². The van der Waals surface area contributed by atoms with Crippen LogP contribution in [-0.4, -0.2) is 24.2 Å². The van der Waals surface area contributed by atoms with Crippen molar-refractivity contribution < 1.29 is 50.6 Å². The van der Waals surface area contributed by atoms with Crippen molar-refractivity contribution in [1.29, 1.82) is 0 Å². The Bertz CT molecular complexity index is 30.5. The summed E-state index contributed by atoms with van der Waals surface area (Å²) in [5, 5.41) is 0. The third kappa shape index (κ3) is 154. The van der Waals surface area contributed by atoms with Crippen LogP contribution in [0.2, 0.25) is 0 Å². The normalized spacial score (nSPS) is 4.00. The zero-order valence-corrected chi connectivity index (χ0v) is 7.97. The molecule has 0 radical (unpaired) electrons. The molecule has 4 N–H and O–H groups in total. The van der Waals surface area contributed by atoms with Crippen molar-refractivity contribution in [2.45, 2.75) is 0 Å². The van der Waals surface area contributed by atoms with Crippen LogP contribution in [0.5, 0.6) is 0 Å². The summed E-state index contributed by atoms with van der Waals surface area (Å²) in [5.41, 5.74) is 0. The van der Waals surface area contributed by atoms with Crippen molar-refractivity contribution >= 4 is 9.17 Å². The summed E-state index contributed by atoms with van der Waals surface area (Å²) in [6, 6.07) is 0. The van der Waals surface area contributed by atoms with Crippen LogP contribution in [0.3, 0.4) is 0 Å². The maximum absolute atomic E-state index is 8.74. The summed E-state index contributed by atoms with van der Waals surface area (Å²) < 4.78 is 8.74. The topological polar surface area (TPSA) is 89.0 Å². The van der Waals surface area contributed by atoms with Gasteiger partial charge in [-0.05, 0) is 0 Å². The van der Waals surface area contributed by atoms with E-state index in [-0.39, 0.29) is 36.6 Å². The molecule has 0 rings (SSSR count). The molecule has 6 heavy (non-hydrogen) atoms. The quantitative estimate of drug-likeness (QED) is 0.483. The Balaban J connectivity index is -0.0000000450. The molecule has 36 valence electrons. The van der Waals surface area contributed by atoms with E-state index in [2.05, 4.69) is 0 Å². The second kappa shape index (κ2) is 9.16. The molecule has 0 spiro atoms. The molecule has 0 aliphatic heterocycles. The van der Waals surface area contributed by atoms with Gasteiger partial charge < -0.3 is 15.1 Å². The first-order valence-corrected chi connectivity index (χ1v) is 1.95. The summed E-state index contributed by atoms with van der Waals surface area (Å²) in [6.45, 7) is 0. The van der Waals surface area contributed by atoms with Gasteiger partial charge >= 0.3 is 9.17 Å². The second-order valence-electron chi connectivity index (χ2n) is 0.283. The first-order valence-electron chi connectivity index (χ1n) is 0.651. The maximum Gasteiger partial charge on any atom is 0.761 e. The fourth-order valence-electron chi connectivity index (χ4n) is 0. The molecule has 0 saturated carbocycles. The Kier molecular flexibility index (Phi) is 24.3. The third-order valence-corrected chi connectivity index (χ3v) is 0. The van der Waals surface area contributed by atoms with E-state index in [1.54, 1.807) is 0 Å². The zero-order valence-electron chi connectivity index (χ0n) is 2.80. The average Bonchev–Trinajstić information content (AvgIpc) is 0.811. The molecule has 6 heteroatoms. The first-order chi connectivity index (χ1) is 1.73. The number of hydrogen-bond donors (Lipinski definition) is 2. The molecule has 0 heterocycles. The summed E-state index contributed by atoms with van der Waals surface area (Å²) in [4.78, 5) is 14.3. The van der Waals surface area contributed by atoms with E-state index < -0.39 is 9.17 Å². The predicted octanol–water partition coefficient (Wildman–Crippen LogP) is -2.44. The molecule has 0 aliphatic carbocycles. The molecule has 0 aromatic rings. The first kappa shape index (κ1) is 15.9. The third-order valence-electron chi connectivity index (χ3n) is 0. The van der Waals surface area contributed by atoms with E-state index in [9.17, 15) is 0 Å². The Labute approximate surface area is 59.8 Å². The second-order valence-corrected chi connectivity index (χ2v) is 0.848. The van der Waals surface area contributed by atoms with E-state index in [1.807, 2.05) is 0 Å². The minimum atomic E-state index is -3.13. The van der Waals surface area contributed by atoms with Crippen molar-refractivity contribution in [2.24, 2.45) is 0 Å². The van der Waals surface area contributed by atoms with Gasteiger partial charge in [0.05, 0.1) is 0 Å². The molecule has 0 aromatic heterocycles. The van der Waals surface area contributed by atoms with Gasteiger partial charge in [-0.1, -0.05) is 0 Å². The molecule has 0 aromatic carbocycles. The molecule has 4 nitrogen and oxygen atoms in total. The van der Waals surface area contributed by atoms with Gasteiger partial charge in [0.2, 0.25) is 0 Å². The van der Waals surface area contributed by atoms with Crippen molar-refractivity contribution in [3.63, 3.8) is 0 Å². The van der Waals surface area contributed by atoms with Crippen molar-refractivity contribution in [2.75, 3.05) is 0 Å². The standard InChI is InChI=1S/H2O3Si.H2O.U/c1-4(2)3;;/h1-2H;1H2;. The van der Waals surface area contributed by atoms with Crippen molar-refractivity contribution in [1.82, 2.24) is 0 Å². The van der Waals surface area contributed by atoms with Gasteiger partial charge in [0.1, 0.15) is 0 Å². The predicted molar refractivity (Wildman–Crippen MR) is 14.5 cm³/mol. The maximum atomic E-state index is 8.74. The summed E-state index contributed by atoms with van der Waals surface area (Å²) in [7, 11) is -3.13.